The van der Waals surface area contributed by atoms with Crippen LogP contribution in [0, 0.1) is 15.5 Å². The van der Waals surface area contributed by atoms with E-state index in [1.165, 1.54) is 6.07 Å². The number of nitrogens with one attached hydrogen (secondary N) is 1. The second-order valence-electron chi connectivity index (χ2n) is 5.71. The minimum atomic E-state index is -0.363. The molecule has 0 aliphatic heterocycles. The summed E-state index contributed by atoms with van der Waals surface area (Å²) < 4.78 is 0. The molecule has 5 nitrogen and oxygen atoms in total. The summed E-state index contributed by atoms with van der Waals surface area (Å²) in [5, 5.41) is 23.5. The predicted octanol–water partition coefficient (Wildman–Crippen LogP) is 2.48. The van der Waals surface area contributed by atoms with E-state index in [2.05, 4.69) is 19.2 Å². The van der Waals surface area contributed by atoms with Crippen LogP contribution >= 0.6 is 0 Å². The topological polar surface area (TPSA) is 75.4 Å². The van der Waals surface area contributed by atoms with Crippen molar-refractivity contribution >= 4 is 5.69 Å². The van der Waals surface area contributed by atoms with Gasteiger partial charge in [-0.1, -0.05) is 32.0 Å². The Morgan fingerprint density at radius 2 is 2.05 bits per heavy atom. The molecule has 0 radical (unpaired) electrons. The highest BCUT2D eigenvalue weighted by Gasteiger charge is 2.20. The third-order valence-electron chi connectivity index (χ3n) is 2.96. The molecule has 106 valence electrons. The van der Waals surface area contributed by atoms with Crippen LogP contribution in [0.2, 0.25) is 0 Å². The Morgan fingerprint density at radius 3 is 2.63 bits per heavy atom. The number of nitrogens with zero attached hydrogens (tertiary/aromatic N) is 1. The largest absolute Gasteiger partial charge is 0.393 e. The standard InChI is InChI=1S/C14H22N2O3/c1-11(17)8-14(2,3)10-15-9-12-6-4-5-7-13(12)16(18)19/h4-7,11,15,17H,8-10H2,1-3H3. The zero-order valence-electron chi connectivity index (χ0n) is 11.7. The molecule has 0 saturated heterocycles. The summed E-state index contributed by atoms with van der Waals surface area (Å²) in [6, 6.07) is 6.73. The molecule has 0 aliphatic carbocycles. The van der Waals surface area contributed by atoms with E-state index in [0.717, 1.165) is 0 Å². The van der Waals surface area contributed by atoms with Gasteiger partial charge in [0.15, 0.2) is 0 Å². The van der Waals surface area contributed by atoms with Gasteiger partial charge in [-0.25, -0.2) is 0 Å². The molecule has 0 aliphatic rings. The third kappa shape index (κ3) is 5.36. The smallest absolute Gasteiger partial charge is 0.273 e. The van der Waals surface area contributed by atoms with Gasteiger partial charge in [-0.05, 0) is 18.8 Å². The Bertz CT molecular complexity index is 430. The molecule has 0 heterocycles. The summed E-state index contributed by atoms with van der Waals surface area (Å²) in [4.78, 5) is 10.5. The maximum absolute atomic E-state index is 10.9. The number of hydrogen-bond donors (Lipinski definition) is 2. The van der Waals surface area contributed by atoms with Crippen molar-refractivity contribution in [3.05, 3.63) is 39.9 Å². The summed E-state index contributed by atoms with van der Waals surface area (Å²) in [7, 11) is 0. The van der Waals surface area contributed by atoms with Crippen LogP contribution in [-0.2, 0) is 6.54 Å². The monoisotopic (exact) mass is 266 g/mol. The lowest BCUT2D eigenvalue weighted by atomic mass is 9.87. The lowest BCUT2D eigenvalue weighted by Crippen LogP contribution is -2.31. The van der Waals surface area contributed by atoms with Crippen molar-refractivity contribution in [2.24, 2.45) is 5.41 Å². The molecule has 2 N–H and O–H groups in total. The van der Waals surface area contributed by atoms with E-state index < -0.39 is 0 Å². The first-order valence-corrected chi connectivity index (χ1v) is 6.43. The van der Waals surface area contributed by atoms with Crippen LogP contribution in [-0.4, -0.2) is 22.7 Å². The van der Waals surface area contributed by atoms with Crippen molar-refractivity contribution in [2.75, 3.05) is 6.54 Å². The predicted molar refractivity (Wildman–Crippen MR) is 74.9 cm³/mol. The van der Waals surface area contributed by atoms with Crippen LogP contribution in [0.4, 0.5) is 5.69 Å². The zero-order chi connectivity index (χ0) is 14.5. The SMILES string of the molecule is CC(O)CC(C)(C)CNCc1ccccc1[N+](=O)[O-]. The fourth-order valence-electron chi connectivity index (χ4n) is 2.25. The van der Waals surface area contributed by atoms with Gasteiger partial charge in [0.25, 0.3) is 5.69 Å². The molecule has 0 fully saturated rings. The fourth-order valence-corrected chi connectivity index (χ4v) is 2.25. The molecule has 1 aromatic rings. The van der Waals surface area contributed by atoms with Gasteiger partial charge < -0.3 is 10.4 Å². The van der Waals surface area contributed by atoms with E-state index in [4.69, 9.17) is 0 Å². The van der Waals surface area contributed by atoms with Crippen molar-refractivity contribution in [1.29, 1.82) is 0 Å². The Morgan fingerprint density at radius 1 is 1.42 bits per heavy atom. The second-order valence-corrected chi connectivity index (χ2v) is 5.71. The van der Waals surface area contributed by atoms with Crippen molar-refractivity contribution in [1.82, 2.24) is 5.32 Å². The number of nitro benzene ring substituents is 1. The van der Waals surface area contributed by atoms with E-state index in [0.29, 0.717) is 25.1 Å². The number of para-hydroxylation sites is 1. The Kier molecular flexibility index (Phi) is 5.44. The van der Waals surface area contributed by atoms with Crippen molar-refractivity contribution in [2.45, 2.75) is 39.8 Å². The van der Waals surface area contributed by atoms with E-state index in [9.17, 15) is 15.2 Å². The molecule has 1 rings (SSSR count). The van der Waals surface area contributed by atoms with Crippen LogP contribution in [0.5, 0.6) is 0 Å². The first-order valence-electron chi connectivity index (χ1n) is 6.43. The first-order chi connectivity index (χ1) is 8.82. The molecule has 0 saturated carbocycles. The molecule has 5 heteroatoms. The van der Waals surface area contributed by atoms with Crippen LogP contribution in [0.25, 0.3) is 0 Å². The molecule has 1 unspecified atom stereocenters. The molecule has 1 atom stereocenters. The second kappa shape index (κ2) is 6.63. The van der Waals surface area contributed by atoms with E-state index >= 15 is 0 Å². The molecule has 0 bridgehead atoms. The highest BCUT2D eigenvalue weighted by molar-refractivity contribution is 5.39. The lowest BCUT2D eigenvalue weighted by Gasteiger charge is -2.26. The van der Waals surface area contributed by atoms with Gasteiger partial charge >= 0.3 is 0 Å². The number of aliphatic hydroxyl groups is 1. The maximum atomic E-state index is 10.9. The normalized spacial score (nSPS) is 13.3. The summed E-state index contributed by atoms with van der Waals surface area (Å²) in [5.41, 5.74) is 0.779. The lowest BCUT2D eigenvalue weighted by molar-refractivity contribution is -0.385. The third-order valence-corrected chi connectivity index (χ3v) is 2.96. The summed E-state index contributed by atoms with van der Waals surface area (Å²) in [6.07, 6.45) is 0.347. The highest BCUT2D eigenvalue weighted by Crippen LogP contribution is 2.22. The van der Waals surface area contributed by atoms with Gasteiger partial charge in [-0.2, -0.15) is 0 Å². The number of benzene rings is 1. The van der Waals surface area contributed by atoms with Gasteiger partial charge in [-0.15, -0.1) is 0 Å². The number of hydrogen-bond acceptors (Lipinski definition) is 4. The van der Waals surface area contributed by atoms with Crippen molar-refractivity contribution in [3.63, 3.8) is 0 Å². The van der Waals surface area contributed by atoms with Crippen molar-refractivity contribution < 1.29 is 10.0 Å². The zero-order valence-corrected chi connectivity index (χ0v) is 11.7. The maximum Gasteiger partial charge on any atom is 0.273 e. The van der Waals surface area contributed by atoms with Gasteiger partial charge in [0.2, 0.25) is 0 Å². The summed E-state index contributed by atoms with van der Waals surface area (Å²) in [6.45, 7) is 7.05. The highest BCUT2D eigenvalue weighted by atomic mass is 16.6. The van der Waals surface area contributed by atoms with Crippen LogP contribution in [0.15, 0.2) is 24.3 Å². The quantitative estimate of drug-likeness (QED) is 0.587. The molecule has 1 aromatic carbocycles. The molecular formula is C14H22N2O3. The summed E-state index contributed by atoms with van der Waals surface area (Å²) in [5.74, 6) is 0. The van der Waals surface area contributed by atoms with Crippen LogP contribution in [0.1, 0.15) is 32.8 Å². The van der Waals surface area contributed by atoms with Gasteiger partial charge in [0.05, 0.1) is 11.0 Å². The van der Waals surface area contributed by atoms with Gasteiger partial charge in [-0.3, -0.25) is 10.1 Å². The van der Waals surface area contributed by atoms with E-state index in [1.54, 1.807) is 25.1 Å². The number of rotatable bonds is 7. The molecular weight excluding hydrogens is 244 g/mol. The Hall–Kier alpha value is -1.46. The van der Waals surface area contributed by atoms with E-state index in [1.807, 2.05) is 0 Å². The minimum Gasteiger partial charge on any atom is -0.393 e. The molecule has 0 spiro atoms. The molecule has 0 amide bonds. The van der Waals surface area contributed by atoms with Gasteiger partial charge in [0.1, 0.15) is 0 Å². The van der Waals surface area contributed by atoms with Crippen LogP contribution in [0.3, 0.4) is 0 Å². The molecule has 19 heavy (non-hydrogen) atoms. The van der Waals surface area contributed by atoms with E-state index in [-0.39, 0.29) is 22.1 Å². The average Bonchev–Trinajstić information content (AvgIpc) is 2.27. The summed E-state index contributed by atoms with van der Waals surface area (Å²) >= 11 is 0. The molecule has 0 aromatic heterocycles. The van der Waals surface area contributed by atoms with Gasteiger partial charge in [0, 0.05) is 24.7 Å². The van der Waals surface area contributed by atoms with Crippen molar-refractivity contribution in [3.8, 4) is 0 Å². The first kappa shape index (κ1) is 15.6. The Labute approximate surface area is 113 Å². The van der Waals surface area contributed by atoms with Crippen LogP contribution < -0.4 is 5.32 Å². The number of nitro groups is 1. The fraction of sp³-hybridized carbons (Fsp3) is 0.571. The Balaban J connectivity index is 2.56. The number of aliphatic hydroxyl groups excluding tert-OH is 1. The average molecular weight is 266 g/mol. The minimum absolute atomic E-state index is 0.0439.